The average molecular weight is 315 g/mol. The lowest BCUT2D eigenvalue weighted by Crippen LogP contribution is -2.24. The number of hydrogen-bond acceptors (Lipinski definition) is 4. The van der Waals surface area contributed by atoms with Crippen molar-refractivity contribution in [2.24, 2.45) is 0 Å². The minimum Gasteiger partial charge on any atom is -0.460 e. The molecule has 1 aromatic heterocycles. The van der Waals surface area contributed by atoms with Crippen molar-refractivity contribution in [3.63, 3.8) is 0 Å². The normalized spacial score (nSPS) is 11.1. The number of nitrogens with one attached hydrogen (secondary N) is 2. The van der Waals surface area contributed by atoms with Gasteiger partial charge in [0.05, 0.1) is 24.0 Å². The van der Waals surface area contributed by atoms with Crippen LogP contribution in [0.5, 0.6) is 0 Å². The molecule has 23 heavy (non-hydrogen) atoms. The number of H-pyrrole nitrogens is 1. The molecule has 1 aromatic carbocycles. The van der Waals surface area contributed by atoms with Gasteiger partial charge in [0, 0.05) is 12.0 Å². The van der Waals surface area contributed by atoms with E-state index in [1.54, 1.807) is 27.0 Å². The SMILES string of the molecule is CC(C)(C)OC(=O)CCC(=O)Nc1cn[nH]c1-c1ccccc1. The summed E-state index contributed by atoms with van der Waals surface area (Å²) >= 11 is 0. The van der Waals surface area contributed by atoms with E-state index < -0.39 is 5.60 Å². The summed E-state index contributed by atoms with van der Waals surface area (Å²) in [6.45, 7) is 5.38. The van der Waals surface area contributed by atoms with Gasteiger partial charge in [-0.15, -0.1) is 0 Å². The largest absolute Gasteiger partial charge is 0.460 e. The summed E-state index contributed by atoms with van der Waals surface area (Å²) in [5.41, 5.74) is 1.70. The van der Waals surface area contributed by atoms with Crippen LogP contribution in [-0.2, 0) is 14.3 Å². The molecule has 2 N–H and O–H groups in total. The molecule has 0 atom stereocenters. The Labute approximate surface area is 135 Å². The Bertz CT molecular complexity index is 672. The van der Waals surface area contributed by atoms with Crippen LogP contribution in [0.4, 0.5) is 5.69 Å². The molecule has 0 aliphatic carbocycles. The molecule has 6 nitrogen and oxygen atoms in total. The van der Waals surface area contributed by atoms with Gasteiger partial charge in [-0.2, -0.15) is 5.10 Å². The molecular weight excluding hydrogens is 294 g/mol. The Morgan fingerprint density at radius 3 is 2.52 bits per heavy atom. The monoisotopic (exact) mass is 315 g/mol. The lowest BCUT2D eigenvalue weighted by atomic mass is 10.1. The molecule has 0 fully saturated rings. The van der Waals surface area contributed by atoms with E-state index >= 15 is 0 Å². The van der Waals surface area contributed by atoms with Crippen molar-refractivity contribution >= 4 is 17.6 Å². The first-order valence-electron chi connectivity index (χ1n) is 7.45. The summed E-state index contributed by atoms with van der Waals surface area (Å²) in [6.07, 6.45) is 1.66. The molecule has 0 radical (unpaired) electrons. The van der Waals surface area contributed by atoms with Gasteiger partial charge in [-0.25, -0.2) is 0 Å². The number of rotatable bonds is 5. The number of anilines is 1. The number of carbonyl (C=O) groups is 2. The molecule has 2 rings (SSSR count). The van der Waals surface area contributed by atoms with Gasteiger partial charge in [0.25, 0.3) is 0 Å². The lowest BCUT2D eigenvalue weighted by Gasteiger charge is -2.19. The molecule has 1 heterocycles. The highest BCUT2D eigenvalue weighted by atomic mass is 16.6. The Hall–Kier alpha value is -2.63. The number of nitrogens with zero attached hydrogens (tertiary/aromatic N) is 1. The van der Waals surface area contributed by atoms with Gasteiger partial charge in [-0.05, 0) is 20.8 Å². The topological polar surface area (TPSA) is 84.1 Å². The van der Waals surface area contributed by atoms with E-state index in [1.165, 1.54) is 0 Å². The van der Waals surface area contributed by atoms with Crippen molar-refractivity contribution < 1.29 is 14.3 Å². The lowest BCUT2D eigenvalue weighted by molar-refractivity contribution is -0.155. The summed E-state index contributed by atoms with van der Waals surface area (Å²) in [5, 5.41) is 9.60. The highest BCUT2D eigenvalue weighted by Gasteiger charge is 2.17. The molecule has 0 saturated carbocycles. The molecule has 6 heteroatoms. The van der Waals surface area contributed by atoms with Gasteiger partial charge in [0.1, 0.15) is 5.60 Å². The fourth-order valence-corrected chi connectivity index (χ4v) is 2.03. The van der Waals surface area contributed by atoms with E-state index in [1.807, 2.05) is 30.3 Å². The molecule has 0 aliphatic rings. The van der Waals surface area contributed by atoms with Gasteiger partial charge in [-0.1, -0.05) is 30.3 Å². The fraction of sp³-hybridized carbons (Fsp3) is 0.353. The summed E-state index contributed by atoms with van der Waals surface area (Å²) < 4.78 is 5.18. The maximum atomic E-state index is 12.0. The highest BCUT2D eigenvalue weighted by molar-refractivity contribution is 5.95. The zero-order valence-corrected chi connectivity index (χ0v) is 13.6. The first-order valence-corrected chi connectivity index (χ1v) is 7.45. The zero-order valence-electron chi connectivity index (χ0n) is 13.6. The fourth-order valence-electron chi connectivity index (χ4n) is 2.03. The van der Waals surface area contributed by atoms with Crippen LogP contribution in [0.15, 0.2) is 36.5 Å². The summed E-state index contributed by atoms with van der Waals surface area (Å²) in [4.78, 5) is 23.6. The van der Waals surface area contributed by atoms with Crippen LogP contribution in [0, 0.1) is 0 Å². The molecule has 122 valence electrons. The number of benzene rings is 1. The second-order valence-corrected chi connectivity index (χ2v) is 6.16. The maximum absolute atomic E-state index is 12.0. The van der Waals surface area contributed by atoms with Crippen LogP contribution in [-0.4, -0.2) is 27.7 Å². The standard InChI is InChI=1S/C17H21N3O3/c1-17(2,3)23-15(22)10-9-14(21)19-13-11-18-20-16(13)12-7-5-4-6-8-12/h4-8,11H,9-10H2,1-3H3,(H,18,20)(H,19,21). The van der Waals surface area contributed by atoms with Crippen LogP contribution in [0.1, 0.15) is 33.6 Å². The number of esters is 1. The van der Waals surface area contributed by atoms with Crippen molar-refractivity contribution in [3.05, 3.63) is 36.5 Å². The molecule has 0 bridgehead atoms. The Kier molecular flexibility index (Phi) is 5.16. The van der Waals surface area contributed by atoms with Crippen molar-refractivity contribution in [1.29, 1.82) is 0 Å². The minimum absolute atomic E-state index is 0.0433. The van der Waals surface area contributed by atoms with Gasteiger partial charge < -0.3 is 10.1 Å². The zero-order chi connectivity index (χ0) is 16.9. The molecule has 0 unspecified atom stereocenters. The van der Waals surface area contributed by atoms with Crippen LogP contribution >= 0.6 is 0 Å². The molecular formula is C17H21N3O3. The van der Waals surface area contributed by atoms with Gasteiger partial charge in [-0.3, -0.25) is 14.7 Å². The number of carbonyl (C=O) groups excluding carboxylic acids is 2. The molecule has 2 aromatic rings. The highest BCUT2D eigenvalue weighted by Crippen LogP contribution is 2.25. The molecule has 0 spiro atoms. The Morgan fingerprint density at radius 1 is 1.17 bits per heavy atom. The van der Waals surface area contributed by atoms with Crippen LogP contribution < -0.4 is 5.32 Å². The van der Waals surface area contributed by atoms with E-state index in [9.17, 15) is 9.59 Å². The quantitative estimate of drug-likeness (QED) is 0.830. The summed E-state index contributed by atoms with van der Waals surface area (Å²) in [7, 11) is 0. The minimum atomic E-state index is -0.543. The van der Waals surface area contributed by atoms with Gasteiger partial charge >= 0.3 is 5.97 Å². The first-order chi connectivity index (χ1) is 10.8. The van der Waals surface area contributed by atoms with Gasteiger partial charge in [0.15, 0.2) is 0 Å². The van der Waals surface area contributed by atoms with Crippen molar-refractivity contribution in [2.45, 2.75) is 39.2 Å². The van der Waals surface area contributed by atoms with E-state index in [4.69, 9.17) is 4.74 Å². The molecule has 0 saturated heterocycles. The van der Waals surface area contributed by atoms with Crippen molar-refractivity contribution in [2.75, 3.05) is 5.32 Å². The number of aromatic nitrogens is 2. The maximum Gasteiger partial charge on any atom is 0.306 e. The smallest absolute Gasteiger partial charge is 0.306 e. The predicted molar refractivity (Wildman–Crippen MR) is 87.7 cm³/mol. The third-order valence-corrected chi connectivity index (χ3v) is 2.95. The number of ether oxygens (including phenoxy) is 1. The third kappa shape index (κ3) is 5.25. The third-order valence-electron chi connectivity index (χ3n) is 2.95. The van der Waals surface area contributed by atoms with E-state index in [-0.39, 0.29) is 24.7 Å². The van der Waals surface area contributed by atoms with Crippen molar-refractivity contribution in [1.82, 2.24) is 10.2 Å². The second-order valence-electron chi connectivity index (χ2n) is 6.16. The van der Waals surface area contributed by atoms with Crippen LogP contribution in [0.25, 0.3) is 11.3 Å². The van der Waals surface area contributed by atoms with Gasteiger partial charge in [0.2, 0.25) is 5.91 Å². The van der Waals surface area contributed by atoms with Crippen LogP contribution in [0.2, 0.25) is 0 Å². The van der Waals surface area contributed by atoms with Crippen molar-refractivity contribution in [3.8, 4) is 11.3 Å². The Balaban J connectivity index is 1.92. The van der Waals surface area contributed by atoms with E-state index in [2.05, 4.69) is 15.5 Å². The Morgan fingerprint density at radius 2 is 1.87 bits per heavy atom. The van der Waals surface area contributed by atoms with E-state index in [0.717, 1.165) is 11.3 Å². The number of hydrogen-bond donors (Lipinski definition) is 2. The molecule has 1 amide bonds. The van der Waals surface area contributed by atoms with E-state index in [0.29, 0.717) is 5.69 Å². The summed E-state index contributed by atoms with van der Waals surface area (Å²) in [5.74, 6) is -0.641. The number of aromatic amines is 1. The number of amides is 1. The van der Waals surface area contributed by atoms with Crippen LogP contribution in [0.3, 0.4) is 0 Å². The second kappa shape index (κ2) is 7.09. The summed E-state index contributed by atoms with van der Waals surface area (Å²) in [6, 6.07) is 9.57. The predicted octanol–water partition coefficient (Wildman–Crippen LogP) is 3.14. The first kappa shape index (κ1) is 16.7. The molecule has 0 aliphatic heterocycles. The average Bonchev–Trinajstić information content (AvgIpc) is 2.92.